The van der Waals surface area contributed by atoms with Crippen molar-refractivity contribution >= 4 is 45.8 Å². The number of amides is 1. The van der Waals surface area contributed by atoms with Crippen molar-refractivity contribution in [3.63, 3.8) is 0 Å². The summed E-state index contributed by atoms with van der Waals surface area (Å²) < 4.78 is 2.42. The molecule has 4 nitrogen and oxygen atoms in total. The van der Waals surface area contributed by atoms with Gasteiger partial charge in [-0.05, 0) is 46.9 Å². The van der Waals surface area contributed by atoms with Crippen LogP contribution in [-0.2, 0) is 7.05 Å². The predicted octanol–water partition coefficient (Wildman–Crippen LogP) is 2.93. The van der Waals surface area contributed by atoms with Gasteiger partial charge >= 0.3 is 0 Å². The number of carbonyl (C=O) groups is 1. The minimum atomic E-state index is -0.190. The van der Waals surface area contributed by atoms with Crippen molar-refractivity contribution in [1.29, 1.82) is 0 Å². The first-order chi connectivity index (χ1) is 8.08. The Bertz CT molecular complexity index is 568. The standard InChI is InChI=1S/C11H9ClIN3O/c1-16-10(4-5-14-16)11(17)15-9-3-2-7(12)6-8(9)13/h2-6H,1H3,(H,15,17). The van der Waals surface area contributed by atoms with Crippen LogP contribution in [0.2, 0.25) is 5.02 Å². The largest absolute Gasteiger partial charge is 0.320 e. The molecule has 17 heavy (non-hydrogen) atoms. The fourth-order valence-electron chi connectivity index (χ4n) is 1.37. The van der Waals surface area contributed by atoms with Gasteiger partial charge in [-0.3, -0.25) is 9.48 Å². The highest BCUT2D eigenvalue weighted by Gasteiger charge is 2.11. The highest BCUT2D eigenvalue weighted by Crippen LogP contribution is 2.22. The van der Waals surface area contributed by atoms with E-state index in [1.165, 1.54) is 4.68 Å². The number of nitrogens with zero attached hydrogens (tertiary/aromatic N) is 2. The van der Waals surface area contributed by atoms with Crippen LogP contribution >= 0.6 is 34.2 Å². The maximum atomic E-state index is 11.9. The van der Waals surface area contributed by atoms with Crippen LogP contribution in [0.4, 0.5) is 5.69 Å². The van der Waals surface area contributed by atoms with Crippen molar-refractivity contribution in [3.8, 4) is 0 Å². The number of anilines is 1. The summed E-state index contributed by atoms with van der Waals surface area (Å²) in [6.45, 7) is 0. The number of aromatic nitrogens is 2. The monoisotopic (exact) mass is 361 g/mol. The van der Waals surface area contributed by atoms with Crippen LogP contribution in [0, 0.1) is 3.57 Å². The lowest BCUT2D eigenvalue weighted by Crippen LogP contribution is -2.16. The van der Waals surface area contributed by atoms with Gasteiger partial charge in [0.25, 0.3) is 5.91 Å². The Morgan fingerprint density at radius 2 is 2.24 bits per heavy atom. The van der Waals surface area contributed by atoms with Crippen LogP contribution in [0.1, 0.15) is 10.5 Å². The SMILES string of the molecule is Cn1nccc1C(=O)Nc1ccc(Cl)cc1I. The molecular weight excluding hydrogens is 352 g/mol. The predicted molar refractivity (Wildman–Crippen MR) is 75.3 cm³/mol. The minimum Gasteiger partial charge on any atom is -0.320 e. The van der Waals surface area contributed by atoms with Gasteiger partial charge in [0.1, 0.15) is 5.69 Å². The fraction of sp³-hybridized carbons (Fsp3) is 0.0909. The molecule has 0 saturated heterocycles. The van der Waals surface area contributed by atoms with E-state index in [1.807, 2.05) is 0 Å². The van der Waals surface area contributed by atoms with Gasteiger partial charge in [0, 0.05) is 21.8 Å². The van der Waals surface area contributed by atoms with Gasteiger partial charge in [0.2, 0.25) is 0 Å². The average molecular weight is 362 g/mol. The van der Waals surface area contributed by atoms with E-state index in [9.17, 15) is 4.79 Å². The third-order valence-corrected chi connectivity index (χ3v) is 3.36. The molecule has 88 valence electrons. The van der Waals surface area contributed by atoms with Gasteiger partial charge in [-0.2, -0.15) is 5.10 Å². The number of halogens is 2. The van der Waals surface area contributed by atoms with Crippen molar-refractivity contribution in [1.82, 2.24) is 9.78 Å². The number of rotatable bonds is 2. The molecule has 1 heterocycles. The highest BCUT2D eigenvalue weighted by molar-refractivity contribution is 14.1. The third-order valence-electron chi connectivity index (χ3n) is 2.23. The molecule has 0 radical (unpaired) electrons. The maximum absolute atomic E-state index is 11.9. The lowest BCUT2D eigenvalue weighted by Gasteiger charge is -2.07. The maximum Gasteiger partial charge on any atom is 0.273 e. The summed E-state index contributed by atoms with van der Waals surface area (Å²) >= 11 is 7.97. The van der Waals surface area contributed by atoms with Gasteiger partial charge in [0.15, 0.2) is 0 Å². The molecule has 1 N–H and O–H groups in total. The normalized spacial score (nSPS) is 10.3. The van der Waals surface area contributed by atoms with Crippen LogP contribution in [0.15, 0.2) is 30.5 Å². The lowest BCUT2D eigenvalue weighted by molar-refractivity contribution is 0.101. The molecule has 1 aromatic carbocycles. The Hall–Kier alpha value is -1.08. The second-order valence-corrected chi connectivity index (χ2v) is 5.02. The van der Waals surface area contributed by atoms with E-state index < -0.39 is 0 Å². The fourth-order valence-corrected chi connectivity index (χ4v) is 2.38. The molecule has 0 saturated carbocycles. The highest BCUT2D eigenvalue weighted by atomic mass is 127. The molecule has 0 aliphatic heterocycles. The Kier molecular flexibility index (Phi) is 3.68. The van der Waals surface area contributed by atoms with Crippen LogP contribution in [0.5, 0.6) is 0 Å². The molecule has 0 spiro atoms. The number of hydrogen-bond acceptors (Lipinski definition) is 2. The zero-order chi connectivity index (χ0) is 12.4. The summed E-state index contributed by atoms with van der Waals surface area (Å²) in [5.41, 5.74) is 1.25. The summed E-state index contributed by atoms with van der Waals surface area (Å²) in [5, 5.41) is 7.41. The van der Waals surface area contributed by atoms with E-state index in [0.29, 0.717) is 10.7 Å². The molecule has 0 atom stereocenters. The molecule has 0 unspecified atom stereocenters. The zero-order valence-electron chi connectivity index (χ0n) is 8.95. The van der Waals surface area contributed by atoms with Gasteiger partial charge in [-0.25, -0.2) is 0 Å². The van der Waals surface area contributed by atoms with E-state index >= 15 is 0 Å². The quantitative estimate of drug-likeness (QED) is 0.836. The third kappa shape index (κ3) is 2.78. The van der Waals surface area contributed by atoms with E-state index in [1.54, 1.807) is 37.5 Å². The van der Waals surface area contributed by atoms with E-state index in [4.69, 9.17) is 11.6 Å². The second-order valence-electron chi connectivity index (χ2n) is 3.42. The Morgan fingerprint density at radius 3 is 2.82 bits per heavy atom. The van der Waals surface area contributed by atoms with Gasteiger partial charge in [-0.15, -0.1) is 0 Å². The molecule has 0 bridgehead atoms. The molecule has 0 fully saturated rings. The Morgan fingerprint density at radius 1 is 1.47 bits per heavy atom. The van der Waals surface area contributed by atoms with Crippen LogP contribution in [0.25, 0.3) is 0 Å². The van der Waals surface area contributed by atoms with E-state index in [-0.39, 0.29) is 5.91 Å². The lowest BCUT2D eigenvalue weighted by atomic mass is 10.3. The van der Waals surface area contributed by atoms with Gasteiger partial charge < -0.3 is 5.32 Å². The first-order valence-electron chi connectivity index (χ1n) is 4.82. The summed E-state index contributed by atoms with van der Waals surface area (Å²) in [4.78, 5) is 11.9. The van der Waals surface area contributed by atoms with Gasteiger partial charge in [-0.1, -0.05) is 11.6 Å². The smallest absolute Gasteiger partial charge is 0.273 e. The number of hydrogen-bond donors (Lipinski definition) is 1. The van der Waals surface area contributed by atoms with E-state index in [2.05, 4.69) is 33.0 Å². The number of benzene rings is 1. The summed E-state index contributed by atoms with van der Waals surface area (Å²) in [6.07, 6.45) is 1.59. The molecule has 0 aliphatic carbocycles. The molecule has 1 amide bonds. The molecular formula is C11H9ClIN3O. The number of carbonyl (C=O) groups excluding carboxylic acids is 1. The zero-order valence-corrected chi connectivity index (χ0v) is 11.9. The van der Waals surface area contributed by atoms with Gasteiger partial charge in [0.05, 0.1) is 5.69 Å². The summed E-state index contributed by atoms with van der Waals surface area (Å²) in [5.74, 6) is -0.190. The van der Waals surface area contributed by atoms with Crippen LogP contribution in [0.3, 0.4) is 0 Å². The molecule has 2 rings (SSSR count). The van der Waals surface area contributed by atoms with Crippen molar-refractivity contribution in [3.05, 3.63) is 44.7 Å². The molecule has 2 aromatic rings. The molecule has 6 heteroatoms. The van der Waals surface area contributed by atoms with Crippen molar-refractivity contribution < 1.29 is 4.79 Å². The first-order valence-corrected chi connectivity index (χ1v) is 6.28. The Labute approximate surface area is 117 Å². The van der Waals surface area contributed by atoms with Crippen LogP contribution in [-0.4, -0.2) is 15.7 Å². The van der Waals surface area contributed by atoms with E-state index in [0.717, 1.165) is 9.26 Å². The topological polar surface area (TPSA) is 46.9 Å². The first kappa shape index (κ1) is 12.4. The molecule has 0 aliphatic rings. The van der Waals surface area contributed by atoms with Crippen molar-refractivity contribution in [2.75, 3.05) is 5.32 Å². The average Bonchev–Trinajstić information content (AvgIpc) is 2.68. The van der Waals surface area contributed by atoms with Crippen LogP contribution < -0.4 is 5.32 Å². The van der Waals surface area contributed by atoms with Crippen molar-refractivity contribution in [2.45, 2.75) is 0 Å². The number of nitrogens with one attached hydrogen (secondary N) is 1. The Balaban J connectivity index is 2.22. The summed E-state index contributed by atoms with van der Waals surface area (Å²) in [6, 6.07) is 6.97. The summed E-state index contributed by atoms with van der Waals surface area (Å²) in [7, 11) is 1.72. The minimum absolute atomic E-state index is 0.190. The second kappa shape index (κ2) is 5.05. The number of aryl methyl sites for hydroxylation is 1. The molecule has 1 aromatic heterocycles. The van der Waals surface area contributed by atoms with Crippen molar-refractivity contribution in [2.24, 2.45) is 7.05 Å².